The van der Waals surface area contributed by atoms with Crippen molar-refractivity contribution in [2.24, 2.45) is 0 Å². The first-order valence-electron chi connectivity index (χ1n) is 6.54. The molecule has 1 fully saturated rings. The number of likely N-dealkylation sites (tertiary alicyclic amines) is 1. The minimum Gasteiger partial charge on any atom is -0.359 e. The van der Waals surface area contributed by atoms with Crippen LogP contribution in [0.4, 0.5) is 5.82 Å². The van der Waals surface area contributed by atoms with Gasteiger partial charge in [0.25, 0.3) is 0 Å². The number of nitrogens with one attached hydrogen (secondary N) is 1. The van der Waals surface area contributed by atoms with Gasteiger partial charge in [-0.25, -0.2) is 4.98 Å². The molecule has 0 radical (unpaired) electrons. The molecule has 5 nitrogen and oxygen atoms in total. The largest absolute Gasteiger partial charge is 0.359 e. The van der Waals surface area contributed by atoms with Gasteiger partial charge >= 0.3 is 0 Å². The average molecular weight is 258 g/mol. The topological polar surface area (TPSA) is 69.0 Å². The molecule has 0 spiro atoms. The Hall–Kier alpha value is -2.09. The van der Waals surface area contributed by atoms with Gasteiger partial charge in [0.2, 0.25) is 5.91 Å². The summed E-state index contributed by atoms with van der Waals surface area (Å²) in [5.41, 5.74) is 1.32. The summed E-state index contributed by atoms with van der Waals surface area (Å²) in [5.74, 6) is 0.677. The zero-order chi connectivity index (χ0) is 13.8. The van der Waals surface area contributed by atoms with Crippen molar-refractivity contribution in [2.75, 3.05) is 18.4 Å². The van der Waals surface area contributed by atoms with E-state index < -0.39 is 0 Å². The number of pyridine rings is 1. The second kappa shape index (κ2) is 5.70. The van der Waals surface area contributed by atoms with Crippen LogP contribution in [0.15, 0.2) is 12.1 Å². The van der Waals surface area contributed by atoms with Gasteiger partial charge in [0.05, 0.1) is 11.6 Å². The standard InChI is InChI=1S/C14H18N4O/c1-10-7-12(9-15)8-13(16-10)17-11(2)14(19)18-5-3-4-6-18/h7-8,11H,3-6H2,1-2H3,(H,16,17). The molecular weight excluding hydrogens is 240 g/mol. The molecule has 0 saturated carbocycles. The molecule has 1 aromatic heterocycles. The average Bonchev–Trinajstić information content (AvgIpc) is 2.90. The van der Waals surface area contributed by atoms with E-state index in [0.717, 1.165) is 31.6 Å². The molecule has 1 aromatic rings. The Kier molecular flexibility index (Phi) is 4.00. The van der Waals surface area contributed by atoms with Gasteiger partial charge in [-0.3, -0.25) is 4.79 Å². The molecule has 1 N–H and O–H groups in total. The first-order chi connectivity index (χ1) is 9.10. The van der Waals surface area contributed by atoms with Crippen molar-refractivity contribution in [3.8, 4) is 6.07 Å². The zero-order valence-electron chi connectivity index (χ0n) is 11.3. The molecule has 1 aliphatic heterocycles. The zero-order valence-corrected chi connectivity index (χ0v) is 11.3. The minimum absolute atomic E-state index is 0.0966. The predicted octanol–water partition coefficient (Wildman–Crippen LogP) is 1.68. The van der Waals surface area contributed by atoms with Gasteiger partial charge in [0, 0.05) is 18.8 Å². The maximum absolute atomic E-state index is 12.2. The second-order valence-electron chi connectivity index (χ2n) is 4.89. The number of hydrogen-bond acceptors (Lipinski definition) is 4. The van der Waals surface area contributed by atoms with Gasteiger partial charge in [-0.15, -0.1) is 0 Å². The third-order valence-corrected chi connectivity index (χ3v) is 3.24. The Labute approximate surface area is 113 Å². The number of rotatable bonds is 3. The lowest BCUT2D eigenvalue weighted by Gasteiger charge is -2.21. The molecule has 19 heavy (non-hydrogen) atoms. The highest BCUT2D eigenvalue weighted by atomic mass is 16.2. The van der Waals surface area contributed by atoms with Crippen LogP contribution in [0.1, 0.15) is 31.0 Å². The Balaban J connectivity index is 2.06. The quantitative estimate of drug-likeness (QED) is 0.895. The molecule has 1 aliphatic rings. The number of carbonyl (C=O) groups excluding carboxylic acids is 1. The third kappa shape index (κ3) is 3.22. The Morgan fingerprint density at radius 3 is 2.79 bits per heavy atom. The Morgan fingerprint density at radius 2 is 2.16 bits per heavy atom. The highest BCUT2D eigenvalue weighted by Gasteiger charge is 2.23. The third-order valence-electron chi connectivity index (χ3n) is 3.24. The number of aryl methyl sites for hydroxylation is 1. The van der Waals surface area contributed by atoms with Crippen molar-refractivity contribution < 1.29 is 4.79 Å². The SMILES string of the molecule is Cc1cc(C#N)cc(NC(C)C(=O)N2CCCC2)n1. The van der Waals surface area contributed by atoms with Crippen LogP contribution >= 0.6 is 0 Å². The fourth-order valence-electron chi connectivity index (χ4n) is 2.30. The van der Waals surface area contributed by atoms with Crippen molar-refractivity contribution in [2.45, 2.75) is 32.7 Å². The summed E-state index contributed by atoms with van der Waals surface area (Å²) in [4.78, 5) is 18.3. The molecule has 2 heterocycles. The van der Waals surface area contributed by atoms with Crippen LogP contribution in [-0.4, -0.2) is 34.9 Å². The van der Waals surface area contributed by atoms with Crippen LogP contribution < -0.4 is 5.32 Å². The number of carbonyl (C=O) groups is 1. The number of nitriles is 1. The van der Waals surface area contributed by atoms with Gasteiger partial charge in [-0.05, 0) is 38.8 Å². The van der Waals surface area contributed by atoms with Gasteiger partial charge in [-0.2, -0.15) is 5.26 Å². The molecule has 5 heteroatoms. The normalized spacial score (nSPS) is 15.9. The molecule has 2 rings (SSSR count). The first kappa shape index (κ1) is 13.3. The van der Waals surface area contributed by atoms with E-state index in [1.54, 1.807) is 12.1 Å². The second-order valence-corrected chi connectivity index (χ2v) is 4.89. The molecule has 1 amide bonds. The monoisotopic (exact) mass is 258 g/mol. The van der Waals surface area contributed by atoms with E-state index in [-0.39, 0.29) is 11.9 Å². The number of aromatic nitrogens is 1. The summed E-state index contributed by atoms with van der Waals surface area (Å²) >= 11 is 0. The van der Waals surface area contributed by atoms with Gasteiger partial charge in [0.1, 0.15) is 11.9 Å². The summed E-state index contributed by atoms with van der Waals surface area (Å²) in [6.07, 6.45) is 2.17. The number of hydrogen-bond donors (Lipinski definition) is 1. The Bertz CT molecular complexity index is 515. The van der Waals surface area contributed by atoms with Crippen LogP contribution in [0.5, 0.6) is 0 Å². The van der Waals surface area contributed by atoms with Crippen LogP contribution in [0.2, 0.25) is 0 Å². The fraction of sp³-hybridized carbons (Fsp3) is 0.500. The molecule has 1 unspecified atom stereocenters. The van der Waals surface area contributed by atoms with E-state index in [1.807, 2.05) is 18.7 Å². The minimum atomic E-state index is -0.320. The van der Waals surface area contributed by atoms with Crippen LogP contribution in [-0.2, 0) is 4.79 Å². The Morgan fingerprint density at radius 1 is 1.47 bits per heavy atom. The maximum Gasteiger partial charge on any atom is 0.244 e. The van der Waals surface area contributed by atoms with E-state index in [2.05, 4.69) is 16.4 Å². The van der Waals surface area contributed by atoms with E-state index in [4.69, 9.17) is 5.26 Å². The van der Waals surface area contributed by atoms with E-state index in [0.29, 0.717) is 11.4 Å². The molecule has 0 bridgehead atoms. The lowest BCUT2D eigenvalue weighted by Crippen LogP contribution is -2.39. The summed E-state index contributed by atoms with van der Waals surface area (Å²) in [5, 5.41) is 12.0. The van der Waals surface area contributed by atoms with E-state index in [9.17, 15) is 4.79 Å². The molecule has 100 valence electrons. The summed E-state index contributed by atoms with van der Waals surface area (Å²) in [6, 6.07) is 5.16. The fourth-order valence-corrected chi connectivity index (χ4v) is 2.30. The smallest absolute Gasteiger partial charge is 0.244 e. The van der Waals surface area contributed by atoms with Crippen molar-refractivity contribution in [3.63, 3.8) is 0 Å². The molecule has 1 saturated heterocycles. The van der Waals surface area contributed by atoms with Gasteiger partial charge in [-0.1, -0.05) is 0 Å². The predicted molar refractivity (Wildman–Crippen MR) is 72.6 cm³/mol. The van der Waals surface area contributed by atoms with Crippen molar-refractivity contribution in [3.05, 3.63) is 23.4 Å². The van der Waals surface area contributed by atoms with Crippen LogP contribution in [0, 0.1) is 18.3 Å². The van der Waals surface area contributed by atoms with E-state index in [1.165, 1.54) is 0 Å². The number of anilines is 1. The lowest BCUT2D eigenvalue weighted by molar-refractivity contribution is -0.130. The number of nitrogens with zero attached hydrogens (tertiary/aromatic N) is 3. The van der Waals surface area contributed by atoms with Crippen molar-refractivity contribution in [1.82, 2.24) is 9.88 Å². The first-order valence-corrected chi connectivity index (χ1v) is 6.54. The lowest BCUT2D eigenvalue weighted by atomic mass is 10.2. The van der Waals surface area contributed by atoms with Gasteiger partial charge in [0.15, 0.2) is 0 Å². The van der Waals surface area contributed by atoms with Crippen molar-refractivity contribution >= 4 is 11.7 Å². The highest BCUT2D eigenvalue weighted by Crippen LogP contribution is 2.13. The number of amides is 1. The van der Waals surface area contributed by atoms with Crippen molar-refractivity contribution in [1.29, 1.82) is 5.26 Å². The van der Waals surface area contributed by atoms with Crippen LogP contribution in [0.3, 0.4) is 0 Å². The van der Waals surface area contributed by atoms with Gasteiger partial charge < -0.3 is 10.2 Å². The highest BCUT2D eigenvalue weighted by molar-refractivity contribution is 5.84. The molecular formula is C14H18N4O. The maximum atomic E-state index is 12.2. The van der Waals surface area contributed by atoms with Crippen LogP contribution in [0.25, 0.3) is 0 Å². The summed E-state index contributed by atoms with van der Waals surface area (Å²) in [6.45, 7) is 5.35. The molecule has 0 aliphatic carbocycles. The summed E-state index contributed by atoms with van der Waals surface area (Å²) in [7, 11) is 0. The molecule has 0 aromatic carbocycles. The molecule has 1 atom stereocenters. The van der Waals surface area contributed by atoms with E-state index >= 15 is 0 Å². The summed E-state index contributed by atoms with van der Waals surface area (Å²) < 4.78 is 0.